The molecule has 4 aromatic carbocycles. The van der Waals surface area contributed by atoms with Crippen LogP contribution in [0.25, 0.3) is 0 Å². The Hall–Kier alpha value is -3.12. The van der Waals surface area contributed by atoms with E-state index in [1.807, 2.05) is 0 Å². The second-order valence-electron chi connectivity index (χ2n) is 8.34. The molecule has 0 radical (unpaired) electrons. The van der Waals surface area contributed by atoms with E-state index in [2.05, 4.69) is 123 Å². The Morgan fingerprint density at radius 1 is 0.414 bits per heavy atom. The Labute approximate surface area is 174 Å². The Morgan fingerprint density at radius 3 is 1.07 bits per heavy atom. The van der Waals surface area contributed by atoms with Gasteiger partial charge in [0.05, 0.1) is 0 Å². The first-order valence-corrected chi connectivity index (χ1v) is 10.4. The van der Waals surface area contributed by atoms with E-state index in [1.54, 1.807) is 0 Å². The number of hydrogen-bond donors (Lipinski definition) is 0. The van der Waals surface area contributed by atoms with Crippen LogP contribution in [0.2, 0.25) is 0 Å². The minimum atomic E-state index is -0.0173. The van der Waals surface area contributed by atoms with E-state index in [0.29, 0.717) is 0 Å². The molecule has 0 atom stereocenters. The molecule has 29 heavy (non-hydrogen) atoms. The van der Waals surface area contributed by atoms with Gasteiger partial charge in [-0.2, -0.15) is 0 Å². The predicted molar refractivity (Wildman–Crippen MR) is 124 cm³/mol. The fourth-order valence-electron chi connectivity index (χ4n) is 3.91. The van der Waals surface area contributed by atoms with Crippen molar-refractivity contribution in [1.29, 1.82) is 0 Å². The van der Waals surface area contributed by atoms with Crippen molar-refractivity contribution in [2.75, 3.05) is 0 Å². The molecule has 4 rings (SSSR count). The van der Waals surface area contributed by atoms with Crippen molar-refractivity contribution in [1.82, 2.24) is 0 Å². The monoisotopic (exact) mass is 376 g/mol. The summed E-state index contributed by atoms with van der Waals surface area (Å²) in [6.45, 7) is 4.62. The molecule has 0 nitrogen and oxygen atoms in total. The van der Waals surface area contributed by atoms with Crippen LogP contribution >= 0.6 is 0 Å². The molecule has 0 saturated heterocycles. The standard InChI is InChI=1S/C29H28/c1-29(2,27-17-13-25(14-18-27)21-23-9-5-3-6-10-23)28-19-15-26(16-20-28)22-24-11-7-4-8-12-24/h3-20H,21-22H2,1-2H3. The minimum absolute atomic E-state index is 0.0173. The van der Waals surface area contributed by atoms with Crippen molar-refractivity contribution in [3.8, 4) is 0 Å². The van der Waals surface area contributed by atoms with Gasteiger partial charge in [-0.3, -0.25) is 0 Å². The molecule has 0 aromatic heterocycles. The summed E-state index contributed by atoms with van der Waals surface area (Å²) in [6, 6.07) is 39.6. The van der Waals surface area contributed by atoms with Crippen LogP contribution in [0, 0.1) is 0 Å². The van der Waals surface area contributed by atoms with E-state index < -0.39 is 0 Å². The van der Waals surface area contributed by atoms with Crippen molar-refractivity contribution in [3.05, 3.63) is 143 Å². The van der Waals surface area contributed by atoms with Gasteiger partial charge in [0, 0.05) is 5.41 Å². The van der Waals surface area contributed by atoms with E-state index in [-0.39, 0.29) is 5.41 Å². The smallest absolute Gasteiger partial charge is 0.0146 e. The molecule has 0 aliphatic heterocycles. The molecule has 144 valence electrons. The third kappa shape index (κ3) is 4.66. The van der Waals surface area contributed by atoms with E-state index in [9.17, 15) is 0 Å². The Bertz CT molecular complexity index is 938. The molecule has 0 aliphatic rings. The molecule has 0 N–H and O–H groups in total. The van der Waals surface area contributed by atoms with Gasteiger partial charge in [0.2, 0.25) is 0 Å². The lowest BCUT2D eigenvalue weighted by Gasteiger charge is -2.26. The maximum Gasteiger partial charge on any atom is 0.0146 e. The average molecular weight is 377 g/mol. The molecule has 0 heterocycles. The van der Waals surface area contributed by atoms with Crippen LogP contribution in [0.3, 0.4) is 0 Å². The zero-order valence-corrected chi connectivity index (χ0v) is 17.3. The molecular formula is C29H28. The minimum Gasteiger partial charge on any atom is -0.0622 e. The molecule has 0 bridgehead atoms. The third-order valence-electron chi connectivity index (χ3n) is 5.85. The third-order valence-corrected chi connectivity index (χ3v) is 5.85. The van der Waals surface area contributed by atoms with E-state index >= 15 is 0 Å². The lowest BCUT2D eigenvalue weighted by atomic mass is 9.77. The number of benzene rings is 4. The van der Waals surface area contributed by atoms with Gasteiger partial charge in [0.15, 0.2) is 0 Å². The second-order valence-corrected chi connectivity index (χ2v) is 8.34. The first-order valence-electron chi connectivity index (χ1n) is 10.4. The quantitative estimate of drug-likeness (QED) is 0.334. The van der Waals surface area contributed by atoms with Gasteiger partial charge in [0.25, 0.3) is 0 Å². The van der Waals surface area contributed by atoms with Crippen molar-refractivity contribution in [2.24, 2.45) is 0 Å². The average Bonchev–Trinajstić information content (AvgIpc) is 2.76. The van der Waals surface area contributed by atoms with Crippen LogP contribution in [0.15, 0.2) is 109 Å². The zero-order valence-electron chi connectivity index (χ0n) is 17.3. The molecule has 4 aromatic rings. The maximum atomic E-state index is 2.31. The molecular weight excluding hydrogens is 348 g/mol. The van der Waals surface area contributed by atoms with E-state index in [0.717, 1.165) is 12.8 Å². The van der Waals surface area contributed by atoms with E-state index in [4.69, 9.17) is 0 Å². The first-order chi connectivity index (χ1) is 14.1. The maximum absolute atomic E-state index is 2.31. The van der Waals surface area contributed by atoms with Crippen LogP contribution in [-0.2, 0) is 18.3 Å². The predicted octanol–water partition coefficient (Wildman–Crippen LogP) is 7.19. The van der Waals surface area contributed by atoms with Gasteiger partial charge < -0.3 is 0 Å². The molecule has 0 spiro atoms. The molecule has 0 aliphatic carbocycles. The molecule has 0 fully saturated rings. The highest BCUT2D eigenvalue weighted by atomic mass is 14.3. The number of hydrogen-bond acceptors (Lipinski definition) is 0. The van der Waals surface area contributed by atoms with E-state index in [1.165, 1.54) is 33.4 Å². The molecule has 0 amide bonds. The first kappa shape index (κ1) is 19.2. The van der Waals surface area contributed by atoms with Gasteiger partial charge in [0.1, 0.15) is 0 Å². The Kier molecular flexibility index (Phi) is 5.62. The summed E-state index contributed by atoms with van der Waals surface area (Å²) in [5, 5.41) is 0. The SMILES string of the molecule is CC(C)(c1ccc(Cc2ccccc2)cc1)c1ccc(Cc2ccccc2)cc1. The van der Waals surface area contributed by atoms with Crippen molar-refractivity contribution < 1.29 is 0 Å². The highest BCUT2D eigenvalue weighted by Gasteiger charge is 2.22. The van der Waals surface area contributed by atoms with Crippen LogP contribution in [0.1, 0.15) is 47.2 Å². The summed E-state index contributed by atoms with van der Waals surface area (Å²) >= 11 is 0. The summed E-state index contributed by atoms with van der Waals surface area (Å²) < 4.78 is 0. The lowest BCUT2D eigenvalue weighted by Crippen LogP contribution is -2.18. The largest absolute Gasteiger partial charge is 0.0622 e. The highest BCUT2D eigenvalue weighted by Crippen LogP contribution is 2.32. The van der Waals surface area contributed by atoms with Gasteiger partial charge >= 0.3 is 0 Å². The van der Waals surface area contributed by atoms with Crippen molar-refractivity contribution >= 4 is 0 Å². The van der Waals surface area contributed by atoms with Crippen LogP contribution in [0.5, 0.6) is 0 Å². The van der Waals surface area contributed by atoms with Crippen LogP contribution in [-0.4, -0.2) is 0 Å². The summed E-state index contributed by atoms with van der Waals surface area (Å²) in [4.78, 5) is 0. The topological polar surface area (TPSA) is 0 Å². The van der Waals surface area contributed by atoms with Gasteiger partial charge in [-0.1, -0.05) is 123 Å². The zero-order chi connectivity index (χ0) is 20.1. The molecule has 0 saturated carbocycles. The lowest BCUT2D eigenvalue weighted by molar-refractivity contribution is 0.640. The van der Waals surface area contributed by atoms with Crippen molar-refractivity contribution in [3.63, 3.8) is 0 Å². The molecule has 0 heteroatoms. The van der Waals surface area contributed by atoms with Crippen molar-refractivity contribution in [2.45, 2.75) is 32.1 Å². The highest BCUT2D eigenvalue weighted by molar-refractivity contribution is 5.41. The summed E-state index contributed by atoms with van der Waals surface area (Å²) in [6.07, 6.45) is 1.96. The van der Waals surface area contributed by atoms with Gasteiger partial charge in [-0.05, 0) is 46.2 Å². The Balaban J connectivity index is 1.48. The van der Waals surface area contributed by atoms with Gasteiger partial charge in [-0.15, -0.1) is 0 Å². The summed E-state index contributed by atoms with van der Waals surface area (Å²) in [7, 11) is 0. The van der Waals surface area contributed by atoms with Crippen LogP contribution in [0.4, 0.5) is 0 Å². The van der Waals surface area contributed by atoms with Gasteiger partial charge in [-0.25, -0.2) is 0 Å². The summed E-state index contributed by atoms with van der Waals surface area (Å²) in [5.41, 5.74) is 8.11. The second kappa shape index (κ2) is 8.49. The fraction of sp³-hybridized carbons (Fsp3) is 0.172. The fourth-order valence-corrected chi connectivity index (χ4v) is 3.91. The number of rotatable bonds is 6. The Morgan fingerprint density at radius 2 is 0.724 bits per heavy atom. The summed E-state index contributed by atoms with van der Waals surface area (Å²) in [5.74, 6) is 0. The van der Waals surface area contributed by atoms with Crippen LogP contribution < -0.4 is 0 Å². The molecule has 0 unspecified atom stereocenters. The normalized spacial score (nSPS) is 11.4.